The van der Waals surface area contributed by atoms with Crippen LogP contribution in [0, 0.1) is 11.8 Å². The third kappa shape index (κ3) is 3.10. The van der Waals surface area contributed by atoms with Crippen molar-refractivity contribution >= 4 is 23.1 Å². The lowest BCUT2D eigenvalue weighted by atomic mass is 10.3. The second-order valence-electron chi connectivity index (χ2n) is 2.84. The van der Waals surface area contributed by atoms with Crippen LogP contribution in [0.2, 0.25) is 0 Å². The number of nitrogens with zero attached hydrogens (tertiary/aromatic N) is 2. The second-order valence-corrected chi connectivity index (χ2v) is 4.80. The predicted octanol–water partition coefficient (Wildman–Crippen LogP) is 1.50. The zero-order chi connectivity index (χ0) is 11.2. The van der Waals surface area contributed by atoms with Gasteiger partial charge in [0.2, 0.25) is 0 Å². The van der Waals surface area contributed by atoms with Crippen LogP contribution in [0.5, 0.6) is 0 Å². The maximum absolute atomic E-state index is 8.57. The third-order valence-electron chi connectivity index (χ3n) is 1.71. The predicted molar refractivity (Wildman–Crippen MR) is 64.2 cm³/mol. The Morgan fingerprint density at radius 1 is 1.56 bits per heavy atom. The standard InChI is InChI=1S/C10H9N3OS2/c14-3-1-2-8-4-9(15-5-8)6-16-10-11-7-12-13-10/h4-5,7,14H,3,6H2,(H,11,12,13). The van der Waals surface area contributed by atoms with Crippen LogP contribution in [0.1, 0.15) is 10.4 Å². The maximum atomic E-state index is 8.57. The Balaban J connectivity index is 1.93. The number of H-pyrrole nitrogens is 1. The van der Waals surface area contributed by atoms with Gasteiger partial charge in [0.25, 0.3) is 0 Å². The van der Waals surface area contributed by atoms with Crippen LogP contribution in [0.4, 0.5) is 0 Å². The number of thioether (sulfide) groups is 1. The number of aromatic nitrogens is 3. The first-order chi connectivity index (χ1) is 7.88. The number of rotatable bonds is 3. The highest BCUT2D eigenvalue weighted by Crippen LogP contribution is 2.23. The highest BCUT2D eigenvalue weighted by Gasteiger charge is 2.01. The van der Waals surface area contributed by atoms with E-state index in [1.165, 1.54) is 11.2 Å². The number of aromatic amines is 1. The lowest BCUT2D eigenvalue weighted by Crippen LogP contribution is -1.77. The van der Waals surface area contributed by atoms with Crippen LogP contribution in [-0.2, 0) is 5.75 Å². The third-order valence-corrected chi connectivity index (χ3v) is 3.75. The molecule has 0 saturated carbocycles. The van der Waals surface area contributed by atoms with Gasteiger partial charge < -0.3 is 5.11 Å². The summed E-state index contributed by atoms with van der Waals surface area (Å²) in [6.07, 6.45) is 1.49. The fourth-order valence-electron chi connectivity index (χ4n) is 1.07. The molecule has 0 aliphatic carbocycles. The summed E-state index contributed by atoms with van der Waals surface area (Å²) in [4.78, 5) is 5.25. The summed E-state index contributed by atoms with van der Waals surface area (Å²) in [7, 11) is 0. The van der Waals surface area contributed by atoms with Crippen molar-refractivity contribution in [2.45, 2.75) is 10.9 Å². The van der Waals surface area contributed by atoms with Gasteiger partial charge in [0.05, 0.1) is 0 Å². The molecule has 2 aromatic rings. The Bertz CT molecular complexity index is 496. The molecule has 0 unspecified atom stereocenters. The van der Waals surface area contributed by atoms with Gasteiger partial charge in [-0.05, 0) is 6.07 Å². The van der Waals surface area contributed by atoms with E-state index in [1.54, 1.807) is 23.1 Å². The molecule has 0 fully saturated rings. The topological polar surface area (TPSA) is 61.8 Å². The van der Waals surface area contributed by atoms with Crippen LogP contribution in [0.15, 0.2) is 22.9 Å². The van der Waals surface area contributed by atoms with E-state index < -0.39 is 0 Å². The SMILES string of the molecule is OCC#Cc1csc(CSc2ncn[nH]2)c1. The van der Waals surface area contributed by atoms with Crippen LogP contribution >= 0.6 is 23.1 Å². The molecule has 0 amide bonds. The molecular formula is C10H9N3OS2. The highest BCUT2D eigenvalue weighted by atomic mass is 32.2. The van der Waals surface area contributed by atoms with Gasteiger partial charge >= 0.3 is 0 Å². The minimum absolute atomic E-state index is 0.0992. The Hall–Kier alpha value is -1.29. The lowest BCUT2D eigenvalue weighted by molar-refractivity contribution is 0.350. The highest BCUT2D eigenvalue weighted by molar-refractivity contribution is 7.98. The number of hydrogen-bond donors (Lipinski definition) is 2. The summed E-state index contributed by atoms with van der Waals surface area (Å²) >= 11 is 3.26. The molecule has 0 bridgehead atoms. The smallest absolute Gasteiger partial charge is 0.183 e. The van der Waals surface area contributed by atoms with Gasteiger partial charge in [0.1, 0.15) is 12.9 Å². The van der Waals surface area contributed by atoms with Gasteiger partial charge in [-0.1, -0.05) is 23.6 Å². The van der Waals surface area contributed by atoms with E-state index in [1.807, 2.05) is 11.4 Å². The van der Waals surface area contributed by atoms with E-state index in [4.69, 9.17) is 5.11 Å². The van der Waals surface area contributed by atoms with Crippen molar-refractivity contribution in [1.29, 1.82) is 0 Å². The van der Waals surface area contributed by atoms with E-state index >= 15 is 0 Å². The number of thiophene rings is 1. The Kier molecular flexibility index (Phi) is 3.99. The average Bonchev–Trinajstić information content (AvgIpc) is 2.95. The molecule has 0 aliphatic rings. The van der Waals surface area contributed by atoms with Crippen LogP contribution in [0.3, 0.4) is 0 Å². The Morgan fingerprint density at radius 2 is 2.50 bits per heavy atom. The minimum Gasteiger partial charge on any atom is -0.384 e. The molecule has 2 N–H and O–H groups in total. The molecule has 0 spiro atoms. The molecule has 6 heteroatoms. The maximum Gasteiger partial charge on any atom is 0.183 e. The van der Waals surface area contributed by atoms with Crippen molar-refractivity contribution in [2.24, 2.45) is 0 Å². The summed E-state index contributed by atoms with van der Waals surface area (Å²) in [5.41, 5.74) is 0.951. The van der Waals surface area contributed by atoms with Crippen molar-refractivity contribution in [3.05, 3.63) is 28.2 Å². The van der Waals surface area contributed by atoms with Crippen LogP contribution in [0.25, 0.3) is 0 Å². The molecular weight excluding hydrogens is 242 g/mol. The van der Waals surface area contributed by atoms with E-state index in [9.17, 15) is 0 Å². The van der Waals surface area contributed by atoms with E-state index in [-0.39, 0.29) is 6.61 Å². The van der Waals surface area contributed by atoms with Crippen molar-refractivity contribution < 1.29 is 5.11 Å². The molecule has 0 aromatic carbocycles. The minimum atomic E-state index is -0.0992. The molecule has 2 heterocycles. The second kappa shape index (κ2) is 5.70. The van der Waals surface area contributed by atoms with Crippen molar-refractivity contribution in [1.82, 2.24) is 15.2 Å². The van der Waals surface area contributed by atoms with Crippen LogP contribution in [-0.4, -0.2) is 26.9 Å². The Labute approximate surface area is 101 Å². The largest absolute Gasteiger partial charge is 0.384 e. The molecule has 0 saturated heterocycles. The molecule has 82 valence electrons. The molecule has 0 atom stereocenters. The zero-order valence-electron chi connectivity index (χ0n) is 8.30. The molecule has 16 heavy (non-hydrogen) atoms. The molecule has 4 nitrogen and oxygen atoms in total. The van der Waals surface area contributed by atoms with Gasteiger partial charge in [-0.25, -0.2) is 4.98 Å². The molecule has 0 radical (unpaired) electrons. The summed E-state index contributed by atoms with van der Waals surface area (Å²) in [6, 6.07) is 2.02. The van der Waals surface area contributed by atoms with E-state index in [0.29, 0.717) is 0 Å². The monoisotopic (exact) mass is 251 g/mol. The van der Waals surface area contributed by atoms with Gasteiger partial charge in [0.15, 0.2) is 5.16 Å². The van der Waals surface area contributed by atoms with Crippen molar-refractivity contribution in [2.75, 3.05) is 6.61 Å². The summed E-state index contributed by atoms with van der Waals surface area (Å²) in [6.45, 7) is -0.0992. The fourth-order valence-corrected chi connectivity index (χ4v) is 2.72. The van der Waals surface area contributed by atoms with Gasteiger partial charge in [-0.2, -0.15) is 5.10 Å². The first-order valence-electron chi connectivity index (χ1n) is 4.54. The zero-order valence-corrected chi connectivity index (χ0v) is 9.94. The van der Waals surface area contributed by atoms with Crippen molar-refractivity contribution in [3.63, 3.8) is 0 Å². The number of hydrogen-bond acceptors (Lipinski definition) is 5. The quantitative estimate of drug-likeness (QED) is 0.641. The van der Waals surface area contributed by atoms with E-state index in [0.717, 1.165) is 16.5 Å². The van der Waals surface area contributed by atoms with Crippen molar-refractivity contribution in [3.8, 4) is 11.8 Å². The van der Waals surface area contributed by atoms with Crippen LogP contribution < -0.4 is 0 Å². The fraction of sp³-hybridized carbons (Fsp3) is 0.200. The first kappa shape index (κ1) is 11.2. The van der Waals surface area contributed by atoms with Gasteiger partial charge in [-0.3, -0.25) is 5.10 Å². The lowest BCUT2D eigenvalue weighted by Gasteiger charge is -1.92. The Morgan fingerprint density at radius 3 is 3.25 bits per heavy atom. The number of aliphatic hydroxyl groups excluding tert-OH is 1. The summed E-state index contributed by atoms with van der Waals surface area (Å²) in [5.74, 6) is 6.35. The summed E-state index contributed by atoms with van der Waals surface area (Å²) < 4.78 is 0. The number of aliphatic hydroxyl groups is 1. The van der Waals surface area contributed by atoms with Gasteiger partial charge in [-0.15, -0.1) is 11.3 Å². The molecule has 0 aliphatic heterocycles. The first-order valence-corrected chi connectivity index (χ1v) is 6.40. The van der Waals surface area contributed by atoms with E-state index in [2.05, 4.69) is 27.0 Å². The molecule has 2 rings (SSSR count). The average molecular weight is 251 g/mol. The summed E-state index contributed by atoms with van der Waals surface area (Å²) in [5, 5.41) is 17.9. The normalized spacial score (nSPS) is 9.81. The number of nitrogens with one attached hydrogen (secondary N) is 1. The van der Waals surface area contributed by atoms with Gasteiger partial charge in [0, 0.05) is 21.6 Å². The molecule has 2 aromatic heterocycles.